The highest BCUT2D eigenvalue weighted by Gasteiger charge is 2.43. The number of carbonyl (C=O) groups excluding carboxylic acids is 1. The largest absolute Gasteiger partial charge is 0.295 e. The Bertz CT molecular complexity index is 1620. The van der Waals surface area contributed by atoms with Gasteiger partial charge in [0.15, 0.2) is 0 Å². The number of carbonyl (C=O) groups is 1. The number of benzene rings is 3. The Labute approximate surface area is 227 Å². The Balaban J connectivity index is 1.65. The molecule has 3 aromatic carbocycles. The molecule has 0 fully saturated rings. The lowest BCUT2D eigenvalue weighted by Gasteiger charge is -2.23. The van der Waals surface area contributed by atoms with Crippen LogP contribution in [-0.4, -0.2) is 26.3 Å². The minimum absolute atomic E-state index is 0.0946. The lowest BCUT2D eigenvalue weighted by molar-refractivity contribution is -0.384. The number of rotatable bonds is 6. The van der Waals surface area contributed by atoms with E-state index in [0.717, 1.165) is 0 Å². The van der Waals surface area contributed by atoms with Crippen molar-refractivity contribution in [1.82, 2.24) is 9.78 Å². The summed E-state index contributed by atoms with van der Waals surface area (Å²) in [5.74, 6) is -1.92. The first-order valence-corrected chi connectivity index (χ1v) is 12.4. The van der Waals surface area contributed by atoms with Gasteiger partial charge in [-0.05, 0) is 67.9 Å². The molecule has 0 bridgehead atoms. The van der Waals surface area contributed by atoms with E-state index in [1.807, 2.05) is 0 Å². The maximum atomic E-state index is 13.8. The van der Waals surface area contributed by atoms with Crippen LogP contribution in [0.5, 0.6) is 0 Å². The molecule has 5 rings (SSSR count). The summed E-state index contributed by atoms with van der Waals surface area (Å²) >= 11 is 12.0. The monoisotopic (exact) mass is 549 g/mol. The molecule has 0 saturated heterocycles. The predicted octanol–water partition coefficient (Wildman–Crippen LogP) is 5.86. The molecule has 0 spiro atoms. The molecule has 1 aliphatic rings. The highest BCUT2D eigenvalue weighted by atomic mass is 35.5. The summed E-state index contributed by atoms with van der Waals surface area (Å²) in [5.41, 5.74) is 2.66. The molecule has 2 atom stereocenters. The maximum Gasteiger partial charge on any atom is 0.275 e. The van der Waals surface area contributed by atoms with E-state index in [9.17, 15) is 19.7 Å². The molecule has 1 aliphatic heterocycles. The van der Waals surface area contributed by atoms with Crippen molar-refractivity contribution in [3.63, 3.8) is 0 Å². The van der Waals surface area contributed by atoms with Crippen LogP contribution in [0.2, 0.25) is 10.0 Å². The van der Waals surface area contributed by atoms with Crippen LogP contribution >= 0.6 is 23.2 Å². The quantitative estimate of drug-likeness (QED) is 0.239. The van der Waals surface area contributed by atoms with Gasteiger partial charge in [0.1, 0.15) is 0 Å². The lowest BCUT2D eigenvalue weighted by atomic mass is 9.78. The third kappa shape index (κ3) is 4.51. The first-order chi connectivity index (χ1) is 18.2. The van der Waals surface area contributed by atoms with Gasteiger partial charge in [-0.3, -0.25) is 24.8 Å². The normalized spacial score (nSPS) is 16.0. The van der Waals surface area contributed by atoms with Gasteiger partial charge in [0.05, 0.1) is 22.2 Å². The summed E-state index contributed by atoms with van der Waals surface area (Å²) in [5, 5.41) is 21.2. The van der Waals surface area contributed by atoms with E-state index in [2.05, 4.69) is 10.2 Å². The van der Waals surface area contributed by atoms with Crippen molar-refractivity contribution in [2.45, 2.75) is 19.8 Å². The third-order valence-electron chi connectivity index (χ3n) is 6.56. The SMILES string of the molecule is CC1=NN(c2ccc(Cl)cc2)C(=O)[C@@H]1[C@H](c1ccc([N+](=O)[O-])cc1)c1c(C)[nH]n(-c2ccc(Cl)cc2)c1=O. The van der Waals surface area contributed by atoms with Crippen molar-refractivity contribution in [1.29, 1.82) is 0 Å². The van der Waals surface area contributed by atoms with Crippen molar-refractivity contribution in [3.8, 4) is 5.69 Å². The number of nitro groups is 1. The number of hydrogen-bond donors (Lipinski definition) is 1. The number of aromatic nitrogens is 2. The van der Waals surface area contributed by atoms with Crippen molar-refractivity contribution in [3.05, 3.63) is 120 Å². The van der Waals surface area contributed by atoms with Crippen LogP contribution in [0.15, 0.2) is 82.7 Å². The number of nitrogens with zero attached hydrogens (tertiary/aromatic N) is 4. The average Bonchev–Trinajstić information content (AvgIpc) is 3.36. The van der Waals surface area contributed by atoms with Crippen molar-refractivity contribution in [2.24, 2.45) is 11.0 Å². The number of aryl methyl sites for hydroxylation is 1. The first-order valence-electron chi connectivity index (χ1n) is 11.6. The number of aromatic amines is 1. The number of anilines is 1. The molecule has 0 unspecified atom stereocenters. The van der Waals surface area contributed by atoms with Crippen LogP contribution in [-0.2, 0) is 4.79 Å². The number of halogens is 2. The number of amides is 1. The predicted molar refractivity (Wildman–Crippen MR) is 147 cm³/mol. The first kappa shape index (κ1) is 25.4. The van der Waals surface area contributed by atoms with Crippen LogP contribution < -0.4 is 10.6 Å². The lowest BCUT2D eigenvalue weighted by Crippen LogP contribution is -2.34. The molecule has 4 aromatic rings. The molecule has 0 radical (unpaired) electrons. The topological polar surface area (TPSA) is 114 Å². The Morgan fingerprint density at radius 1 is 0.895 bits per heavy atom. The summed E-state index contributed by atoms with van der Waals surface area (Å²) in [6.45, 7) is 3.49. The number of H-pyrrole nitrogens is 1. The summed E-state index contributed by atoms with van der Waals surface area (Å²) in [7, 11) is 0. The molecule has 1 amide bonds. The van der Waals surface area contributed by atoms with Gasteiger partial charge in [0.25, 0.3) is 17.2 Å². The van der Waals surface area contributed by atoms with E-state index in [-0.39, 0.29) is 17.2 Å². The number of hydrogen-bond acceptors (Lipinski definition) is 5. The van der Waals surface area contributed by atoms with Gasteiger partial charge in [-0.25, -0.2) is 9.69 Å². The van der Waals surface area contributed by atoms with E-state index in [0.29, 0.717) is 44.0 Å². The number of hydrazone groups is 1. The molecular weight excluding hydrogens is 529 g/mol. The van der Waals surface area contributed by atoms with Gasteiger partial charge in [-0.15, -0.1) is 0 Å². The third-order valence-corrected chi connectivity index (χ3v) is 7.07. The highest BCUT2D eigenvalue weighted by Crippen LogP contribution is 2.39. The van der Waals surface area contributed by atoms with E-state index in [1.165, 1.54) is 21.8 Å². The molecule has 1 aromatic heterocycles. The Morgan fingerprint density at radius 3 is 2.00 bits per heavy atom. The van der Waals surface area contributed by atoms with Crippen LogP contribution in [0.4, 0.5) is 11.4 Å². The van der Waals surface area contributed by atoms with E-state index < -0.39 is 16.8 Å². The Morgan fingerprint density at radius 2 is 1.45 bits per heavy atom. The Kier molecular flexibility index (Phi) is 6.64. The molecule has 0 saturated carbocycles. The van der Waals surface area contributed by atoms with Gasteiger partial charge in [-0.2, -0.15) is 5.10 Å². The fraction of sp³-hybridized carbons (Fsp3) is 0.148. The van der Waals surface area contributed by atoms with Crippen LogP contribution in [0.1, 0.15) is 29.7 Å². The second kappa shape index (κ2) is 9.92. The van der Waals surface area contributed by atoms with Gasteiger partial charge in [0, 0.05) is 45.1 Å². The zero-order valence-electron chi connectivity index (χ0n) is 20.3. The highest BCUT2D eigenvalue weighted by molar-refractivity contribution is 6.31. The minimum Gasteiger partial charge on any atom is -0.295 e. The fourth-order valence-electron chi connectivity index (χ4n) is 4.76. The van der Waals surface area contributed by atoms with Crippen molar-refractivity contribution < 1.29 is 9.72 Å². The molecule has 38 heavy (non-hydrogen) atoms. The van der Waals surface area contributed by atoms with Crippen LogP contribution in [0, 0.1) is 23.0 Å². The summed E-state index contributed by atoms with van der Waals surface area (Å²) in [4.78, 5) is 38.5. The second-order valence-corrected chi connectivity index (χ2v) is 9.81. The standard InChI is InChI=1S/C27H21Cl2N5O4/c1-15-23(26(35)32(30-15)20-11-5-18(28)6-12-20)25(17-3-9-22(10-4-17)34(37)38)24-16(2)31-33(27(24)36)21-13-7-19(29)8-14-21/h3-14,23,25,31H,1-2H3/t23-,25-/m0/s1. The average molecular weight is 550 g/mol. The van der Waals surface area contributed by atoms with E-state index >= 15 is 0 Å². The van der Waals surface area contributed by atoms with Crippen molar-refractivity contribution in [2.75, 3.05) is 5.01 Å². The molecule has 1 N–H and O–H groups in total. The second-order valence-electron chi connectivity index (χ2n) is 8.94. The smallest absolute Gasteiger partial charge is 0.275 e. The Hall–Kier alpha value is -4.21. The number of nitro benzene ring substituents is 1. The number of nitrogens with one attached hydrogen (secondary N) is 1. The summed E-state index contributed by atoms with van der Waals surface area (Å²) < 4.78 is 1.39. The van der Waals surface area contributed by atoms with Gasteiger partial charge in [-0.1, -0.05) is 35.3 Å². The van der Waals surface area contributed by atoms with Crippen LogP contribution in [0.25, 0.3) is 5.69 Å². The van der Waals surface area contributed by atoms with Crippen LogP contribution in [0.3, 0.4) is 0 Å². The zero-order valence-corrected chi connectivity index (χ0v) is 21.8. The molecule has 9 nitrogen and oxygen atoms in total. The molecule has 11 heteroatoms. The zero-order chi connectivity index (χ0) is 27.1. The molecule has 2 heterocycles. The minimum atomic E-state index is -0.826. The summed E-state index contributed by atoms with van der Waals surface area (Å²) in [6.07, 6.45) is 0. The molecular formula is C27H21Cl2N5O4. The van der Waals surface area contributed by atoms with Crippen molar-refractivity contribution >= 4 is 46.2 Å². The number of non-ortho nitro benzene ring substituents is 1. The van der Waals surface area contributed by atoms with E-state index in [1.54, 1.807) is 74.5 Å². The molecule has 192 valence electrons. The van der Waals surface area contributed by atoms with Gasteiger partial charge < -0.3 is 0 Å². The van der Waals surface area contributed by atoms with E-state index in [4.69, 9.17) is 23.2 Å². The van der Waals surface area contributed by atoms with Gasteiger partial charge in [0.2, 0.25) is 0 Å². The maximum absolute atomic E-state index is 13.8. The summed E-state index contributed by atoms with van der Waals surface area (Å²) in [6, 6.07) is 19.4. The fourth-order valence-corrected chi connectivity index (χ4v) is 5.01. The molecule has 0 aliphatic carbocycles. The van der Waals surface area contributed by atoms with Gasteiger partial charge >= 0.3 is 0 Å².